The second-order valence-electron chi connectivity index (χ2n) is 7.42. The molecule has 2 aromatic heterocycles. The summed E-state index contributed by atoms with van der Waals surface area (Å²) in [4.78, 5) is 4.64. The molecular formula is C25H23BF4N2. The highest BCUT2D eigenvalue weighted by atomic mass is 19.5. The predicted molar refractivity (Wildman–Crippen MR) is 121 cm³/mol. The number of rotatable bonds is 4. The van der Waals surface area contributed by atoms with E-state index in [0.717, 1.165) is 11.4 Å². The van der Waals surface area contributed by atoms with Gasteiger partial charge in [-0.1, -0.05) is 54.6 Å². The molecule has 2 heterocycles. The van der Waals surface area contributed by atoms with Gasteiger partial charge in [0.15, 0.2) is 6.04 Å². The molecule has 0 aliphatic carbocycles. The average Bonchev–Trinajstić information content (AvgIpc) is 2.79. The number of halogens is 4. The van der Waals surface area contributed by atoms with E-state index in [9.17, 15) is 17.3 Å². The predicted octanol–water partition coefficient (Wildman–Crippen LogP) is 7.25. The molecule has 0 amide bonds. The highest BCUT2D eigenvalue weighted by Crippen LogP contribution is 2.29. The zero-order valence-corrected chi connectivity index (χ0v) is 17.8. The fourth-order valence-corrected chi connectivity index (χ4v) is 3.50. The molecule has 0 aliphatic rings. The zero-order chi connectivity index (χ0) is 23.1. The van der Waals surface area contributed by atoms with Crippen molar-refractivity contribution in [1.82, 2.24) is 4.98 Å². The second kappa shape index (κ2) is 10.2. The van der Waals surface area contributed by atoms with E-state index in [0.29, 0.717) is 6.04 Å². The van der Waals surface area contributed by atoms with Gasteiger partial charge in [-0.25, -0.2) is 4.98 Å². The Morgan fingerprint density at radius 3 is 1.66 bits per heavy atom. The quantitative estimate of drug-likeness (QED) is 0.186. The van der Waals surface area contributed by atoms with Gasteiger partial charge in [0.2, 0.25) is 11.4 Å². The van der Waals surface area contributed by atoms with Crippen LogP contribution >= 0.6 is 0 Å². The van der Waals surface area contributed by atoms with Crippen molar-refractivity contribution in [2.45, 2.75) is 19.9 Å². The molecule has 0 bridgehead atoms. The maximum Gasteiger partial charge on any atom is 0.673 e. The summed E-state index contributed by atoms with van der Waals surface area (Å²) in [6, 6.07) is 32.1. The van der Waals surface area contributed by atoms with Crippen LogP contribution in [0, 0.1) is 0 Å². The number of hydrogen-bond acceptors (Lipinski definition) is 1. The molecule has 0 spiro atoms. The van der Waals surface area contributed by atoms with Crippen LogP contribution in [-0.2, 0) is 0 Å². The number of nitrogens with zero attached hydrogens (tertiary/aromatic N) is 2. The molecule has 164 valence electrons. The van der Waals surface area contributed by atoms with Crippen molar-refractivity contribution in [2.75, 3.05) is 0 Å². The van der Waals surface area contributed by atoms with Gasteiger partial charge in [0.1, 0.15) is 5.69 Å². The largest absolute Gasteiger partial charge is 0.673 e. The molecule has 0 fully saturated rings. The highest BCUT2D eigenvalue weighted by molar-refractivity contribution is 6.50. The van der Waals surface area contributed by atoms with Crippen LogP contribution in [0.1, 0.15) is 19.9 Å². The van der Waals surface area contributed by atoms with E-state index in [4.69, 9.17) is 0 Å². The lowest BCUT2D eigenvalue weighted by Gasteiger charge is -2.14. The Bertz CT molecular complexity index is 1070. The first-order chi connectivity index (χ1) is 15.2. The Balaban J connectivity index is 0.000000523. The molecule has 0 radical (unpaired) electrons. The van der Waals surface area contributed by atoms with Gasteiger partial charge >= 0.3 is 7.25 Å². The molecule has 32 heavy (non-hydrogen) atoms. The van der Waals surface area contributed by atoms with Crippen molar-refractivity contribution in [1.29, 1.82) is 0 Å². The van der Waals surface area contributed by atoms with Gasteiger partial charge in [0.25, 0.3) is 0 Å². The highest BCUT2D eigenvalue weighted by Gasteiger charge is 2.25. The van der Waals surface area contributed by atoms with Crippen molar-refractivity contribution < 1.29 is 21.8 Å². The van der Waals surface area contributed by atoms with Gasteiger partial charge in [-0.2, -0.15) is 4.57 Å². The molecule has 4 aromatic rings. The van der Waals surface area contributed by atoms with Gasteiger partial charge < -0.3 is 17.3 Å². The van der Waals surface area contributed by atoms with Gasteiger partial charge in [-0.3, -0.25) is 0 Å². The van der Waals surface area contributed by atoms with Gasteiger partial charge in [-0.15, -0.1) is 0 Å². The topological polar surface area (TPSA) is 16.8 Å². The number of aromatic nitrogens is 2. The summed E-state index contributed by atoms with van der Waals surface area (Å²) < 4.78 is 41.4. The summed E-state index contributed by atoms with van der Waals surface area (Å²) in [7, 11) is -6.00. The van der Waals surface area contributed by atoms with Crippen molar-refractivity contribution in [3.63, 3.8) is 0 Å². The normalized spacial score (nSPS) is 11.1. The van der Waals surface area contributed by atoms with Crippen LogP contribution in [0.25, 0.3) is 33.8 Å². The lowest BCUT2D eigenvalue weighted by molar-refractivity contribution is -0.695. The molecule has 7 heteroatoms. The second-order valence-corrected chi connectivity index (χ2v) is 7.42. The molecule has 4 rings (SSSR count). The summed E-state index contributed by atoms with van der Waals surface area (Å²) in [5.74, 6) is 0. The third kappa shape index (κ3) is 6.26. The standard InChI is InChI=1S/C25H23N2.BF4/c1-19(2)27-24(21-13-7-4-8-14-21)17-22(20-11-5-3-6-12-20)18-25(27)23-15-9-10-16-26-23;2-1(3,4)5/h3-19H,1-2H3;/q+1;-1. The number of hydrogen-bond donors (Lipinski definition) is 0. The van der Waals surface area contributed by atoms with Gasteiger partial charge in [-0.05, 0) is 49.2 Å². The van der Waals surface area contributed by atoms with Crippen molar-refractivity contribution in [2.24, 2.45) is 0 Å². The van der Waals surface area contributed by atoms with E-state index in [1.165, 1.54) is 22.4 Å². The van der Waals surface area contributed by atoms with Crippen LogP contribution in [0.15, 0.2) is 97.2 Å². The van der Waals surface area contributed by atoms with Crippen molar-refractivity contribution >= 4 is 7.25 Å². The Labute approximate surface area is 185 Å². The molecule has 0 saturated carbocycles. The monoisotopic (exact) mass is 438 g/mol. The Morgan fingerprint density at radius 1 is 0.656 bits per heavy atom. The molecular weight excluding hydrogens is 415 g/mol. The first kappa shape index (κ1) is 23.2. The summed E-state index contributed by atoms with van der Waals surface area (Å²) in [5, 5.41) is 0. The Morgan fingerprint density at radius 2 is 1.16 bits per heavy atom. The zero-order valence-electron chi connectivity index (χ0n) is 17.8. The minimum Gasteiger partial charge on any atom is -0.418 e. The third-order valence-corrected chi connectivity index (χ3v) is 4.72. The fraction of sp³-hybridized carbons (Fsp3) is 0.120. The molecule has 0 aliphatic heterocycles. The molecule has 0 saturated heterocycles. The lowest BCUT2D eigenvalue weighted by Crippen LogP contribution is -2.41. The first-order valence-electron chi connectivity index (χ1n) is 10.2. The number of pyridine rings is 2. The van der Waals surface area contributed by atoms with E-state index in [2.05, 4.69) is 102 Å². The van der Waals surface area contributed by atoms with E-state index < -0.39 is 7.25 Å². The number of benzene rings is 2. The van der Waals surface area contributed by atoms with Crippen molar-refractivity contribution in [3.05, 3.63) is 97.2 Å². The summed E-state index contributed by atoms with van der Waals surface area (Å²) in [5.41, 5.74) is 6.94. The maximum absolute atomic E-state index is 9.75. The van der Waals surface area contributed by atoms with Crippen molar-refractivity contribution in [3.8, 4) is 33.8 Å². The average molecular weight is 438 g/mol. The maximum atomic E-state index is 9.75. The smallest absolute Gasteiger partial charge is 0.418 e. The molecule has 0 N–H and O–H groups in total. The molecule has 0 unspecified atom stereocenters. The summed E-state index contributed by atoms with van der Waals surface area (Å²) >= 11 is 0. The fourth-order valence-electron chi connectivity index (χ4n) is 3.50. The minimum atomic E-state index is -6.00. The Hall–Kier alpha value is -3.48. The van der Waals surface area contributed by atoms with Crippen LogP contribution in [-0.4, -0.2) is 12.2 Å². The van der Waals surface area contributed by atoms with Crippen LogP contribution in [0.2, 0.25) is 0 Å². The SMILES string of the molecule is CC(C)[n+]1c(-c2ccccc2)cc(-c2ccccc2)cc1-c1ccccn1.F[B-](F)(F)F. The first-order valence-corrected chi connectivity index (χ1v) is 10.2. The van der Waals surface area contributed by atoms with E-state index >= 15 is 0 Å². The lowest BCUT2D eigenvalue weighted by atomic mass is 9.99. The van der Waals surface area contributed by atoms with Crippen LogP contribution in [0.4, 0.5) is 17.3 Å². The Kier molecular flexibility index (Phi) is 7.41. The summed E-state index contributed by atoms with van der Waals surface area (Å²) in [6.45, 7) is 4.45. The van der Waals surface area contributed by atoms with Crippen LogP contribution in [0.3, 0.4) is 0 Å². The van der Waals surface area contributed by atoms with Crippen LogP contribution < -0.4 is 4.57 Å². The third-order valence-electron chi connectivity index (χ3n) is 4.72. The van der Waals surface area contributed by atoms with Gasteiger partial charge in [0, 0.05) is 23.9 Å². The van der Waals surface area contributed by atoms with Gasteiger partial charge in [0.05, 0.1) is 0 Å². The minimum absolute atomic E-state index is 0.307. The van der Waals surface area contributed by atoms with E-state index in [1.807, 2.05) is 18.3 Å². The molecule has 2 nitrogen and oxygen atoms in total. The molecule has 2 aromatic carbocycles. The van der Waals surface area contributed by atoms with Crippen LogP contribution in [0.5, 0.6) is 0 Å². The summed E-state index contributed by atoms with van der Waals surface area (Å²) in [6.07, 6.45) is 1.86. The van der Waals surface area contributed by atoms with E-state index in [1.54, 1.807) is 0 Å². The molecule has 0 atom stereocenters. The van der Waals surface area contributed by atoms with E-state index in [-0.39, 0.29) is 0 Å².